The van der Waals surface area contributed by atoms with E-state index in [-0.39, 0.29) is 5.91 Å². The molecule has 0 saturated heterocycles. The summed E-state index contributed by atoms with van der Waals surface area (Å²) in [7, 11) is 0. The van der Waals surface area contributed by atoms with E-state index in [1.165, 1.54) is 29.7 Å². The predicted octanol–water partition coefficient (Wildman–Crippen LogP) is 3.32. The van der Waals surface area contributed by atoms with Gasteiger partial charge < -0.3 is 11.1 Å². The lowest BCUT2D eigenvalue weighted by Crippen LogP contribution is -2.24. The van der Waals surface area contributed by atoms with Gasteiger partial charge >= 0.3 is 0 Å². The SMILES string of the molecule is Cc1ccc2c(N)c(C(=O)NCCC3CC3)sc2c1. The first-order valence-corrected chi connectivity index (χ1v) is 7.53. The largest absolute Gasteiger partial charge is 0.397 e. The zero-order valence-electron chi connectivity index (χ0n) is 11.0. The maximum absolute atomic E-state index is 12.1. The van der Waals surface area contributed by atoms with Crippen LogP contribution in [0.1, 0.15) is 34.5 Å². The second kappa shape index (κ2) is 4.85. The van der Waals surface area contributed by atoms with E-state index < -0.39 is 0 Å². The zero-order valence-corrected chi connectivity index (χ0v) is 11.8. The second-order valence-electron chi connectivity index (χ2n) is 5.33. The molecular formula is C15H18N2OS. The van der Waals surface area contributed by atoms with Gasteiger partial charge in [-0.25, -0.2) is 0 Å². The highest BCUT2D eigenvalue weighted by atomic mass is 32.1. The Morgan fingerprint density at radius 1 is 1.47 bits per heavy atom. The molecule has 3 rings (SSSR count). The number of aryl methyl sites for hydroxylation is 1. The van der Waals surface area contributed by atoms with Gasteiger partial charge in [-0.15, -0.1) is 11.3 Å². The third kappa shape index (κ3) is 2.59. The Balaban J connectivity index is 1.78. The molecule has 1 fully saturated rings. The summed E-state index contributed by atoms with van der Waals surface area (Å²) in [5.74, 6) is 0.805. The summed E-state index contributed by atoms with van der Waals surface area (Å²) in [4.78, 5) is 12.8. The number of carbonyl (C=O) groups excluding carboxylic acids is 1. The first-order valence-electron chi connectivity index (χ1n) is 6.72. The van der Waals surface area contributed by atoms with Crippen molar-refractivity contribution in [1.29, 1.82) is 0 Å². The van der Waals surface area contributed by atoms with Gasteiger partial charge in [-0.05, 0) is 30.9 Å². The zero-order chi connectivity index (χ0) is 13.4. The van der Waals surface area contributed by atoms with Crippen LogP contribution in [0.15, 0.2) is 18.2 Å². The van der Waals surface area contributed by atoms with E-state index in [9.17, 15) is 4.79 Å². The van der Waals surface area contributed by atoms with Crippen LogP contribution in [0.25, 0.3) is 10.1 Å². The normalized spacial score (nSPS) is 14.8. The van der Waals surface area contributed by atoms with Crippen LogP contribution in [0.4, 0.5) is 5.69 Å². The number of benzene rings is 1. The van der Waals surface area contributed by atoms with E-state index in [0.29, 0.717) is 10.6 Å². The Kier molecular flexibility index (Phi) is 3.19. The van der Waals surface area contributed by atoms with Crippen molar-refractivity contribution >= 4 is 33.0 Å². The van der Waals surface area contributed by atoms with Gasteiger partial charge in [-0.2, -0.15) is 0 Å². The molecule has 0 spiro atoms. The van der Waals surface area contributed by atoms with E-state index in [0.717, 1.165) is 29.0 Å². The van der Waals surface area contributed by atoms with E-state index in [2.05, 4.69) is 11.4 Å². The first kappa shape index (κ1) is 12.5. The molecule has 4 heteroatoms. The molecule has 1 aromatic carbocycles. The van der Waals surface area contributed by atoms with Crippen LogP contribution in [0, 0.1) is 12.8 Å². The second-order valence-corrected chi connectivity index (χ2v) is 6.38. The van der Waals surface area contributed by atoms with E-state index >= 15 is 0 Å². The number of hydrogen-bond donors (Lipinski definition) is 2. The summed E-state index contributed by atoms with van der Waals surface area (Å²) < 4.78 is 1.09. The van der Waals surface area contributed by atoms with Crippen molar-refractivity contribution in [3.63, 3.8) is 0 Å². The van der Waals surface area contributed by atoms with Crippen molar-refractivity contribution in [2.45, 2.75) is 26.2 Å². The van der Waals surface area contributed by atoms with Crippen LogP contribution in [0.2, 0.25) is 0 Å². The summed E-state index contributed by atoms with van der Waals surface area (Å²) in [5, 5.41) is 3.97. The standard InChI is InChI=1S/C15H18N2OS/c1-9-2-5-11-12(8-9)19-14(13(11)16)15(18)17-7-6-10-3-4-10/h2,5,8,10H,3-4,6-7,16H2,1H3,(H,17,18). The van der Waals surface area contributed by atoms with Crippen molar-refractivity contribution in [2.75, 3.05) is 12.3 Å². The molecule has 0 radical (unpaired) electrons. The van der Waals surface area contributed by atoms with Gasteiger partial charge in [0.15, 0.2) is 0 Å². The molecule has 3 nitrogen and oxygen atoms in total. The predicted molar refractivity (Wildman–Crippen MR) is 80.6 cm³/mol. The van der Waals surface area contributed by atoms with E-state index in [1.54, 1.807) is 0 Å². The van der Waals surface area contributed by atoms with Crippen LogP contribution in [-0.2, 0) is 0 Å². The number of anilines is 1. The molecule has 0 aliphatic heterocycles. The Labute approximate surface area is 116 Å². The third-order valence-corrected chi connectivity index (χ3v) is 4.79. The summed E-state index contributed by atoms with van der Waals surface area (Å²) in [5.41, 5.74) is 7.89. The number of nitrogens with one attached hydrogen (secondary N) is 1. The van der Waals surface area contributed by atoms with Gasteiger partial charge in [0, 0.05) is 16.6 Å². The highest BCUT2D eigenvalue weighted by Gasteiger charge is 2.21. The van der Waals surface area contributed by atoms with Crippen molar-refractivity contribution in [1.82, 2.24) is 5.32 Å². The van der Waals surface area contributed by atoms with Crippen molar-refractivity contribution in [2.24, 2.45) is 5.92 Å². The Bertz CT molecular complexity index is 628. The number of amides is 1. The summed E-state index contributed by atoms with van der Waals surface area (Å²) in [6.07, 6.45) is 3.73. The summed E-state index contributed by atoms with van der Waals surface area (Å²) >= 11 is 1.48. The molecule has 2 aromatic rings. The Morgan fingerprint density at radius 3 is 3.00 bits per heavy atom. The van der Waals surface area contributed by atoms with E-state index in [4.69, 9.17) is 5.73 Å². The number of nitrogens with two attached hydrogens (primary N) is 1. The molecule has 100 valence electrons. The monoisotopic (exact) mass is 274 g/mol. The minimum Gasteiger partial charge on any atom is -0.397 e. The summed E-state index contributed by atoms with van der Waals surface area (Å²) in [6.45, 7) is 2.81. The fourth-order valence-electron chi connectivity index (χ4n) is 2.27. The van der Waals surface area contributed by atoms with Crippen molar-refractivity contribution < 1.29 is 4.79 Å². The third-order valence-electron chi connectivity index (χ3n) is 3.63. The van der Waals surface area contributed by atoms with Crippen LogP contribution in [-0.4, -0.2) is 12.5 Å². The lowest BCUT2D eigenvalue weighted by Gasteiger charge is -2.03. The topological polar surface area (TPSA) is 55.1 Å². The molecule has 0 unspecified atom stereocenters. The van der Waals surface area contributed by atoms with Gasteiger partial charge in [0.2, 0.25) is 0 Å². The smallest absolute Gasteiger partial charge is 0.263 e. The molecule has 1 aliphatic rings. The fraction of sp³-hybridized carbons (Fsp3) is 0.400. The number of carbonyl (C=O) groups is 1. The fourth-order valence-corrected chi connectivity index (χ4v) is 3.41. The van der Waals surface area contributed by atoms with Crippen molar-refractivity contribution in [3.05, 3.63) is 28.6 Å². The van der Waals surface area contributed by atoms with E-state index in [1.807, 2.05) is 19.1 Å². The molecule has 3 N–H and O–H groups in total. The number of fused-ring (bicyclic) bond motifs is 1. The molecule has 1 aliphatic carbocycles. The quantitative estimate of drug-likeness (QED) is 0.898. The molecule has 19 heavy (non-hydrogen) atoms. The highest BCUT2D eigenvalue weighted by molar-refractivity contribution is 7.21. The molecule has 0 atom stereocenters. The van der Waals surface area contributed by atoms with Crippen LogP contribution in [0.3, 0.4) is 0 Å². The van der Waals surface area contributed by atoms with Crippen molar-refractivity contribution in [3.8, 4) is 0 Å². The Hall–Kier alpha value is -1.55. The first-order chi connectivity index (χ1) is 9.15. The van der Waals surface area contributed by atoms with Gasteiger partial charge in [0.25, 0.3) is 5.91 Å². The lowest BCUT2D eigenvalue weighted by atomic mass is 10.1. The molecule has 1 saturated carbocycles. The van der Waals surface area contributed by atoms with Crippen LogP contribution >= 0.6 is 11.3 Å². The van der Waals surface area contributed by atoms with Gasteiger partial charge in [-0.1, -0.05) is 25.0 Å². The van der Waals surface area contributed by atoms with Crippen LogP contribution in [0.5, 0.6) is 0 Å². The number of rotatable bonds is 4. The molecule has 1 amide bonds. The maximum atomic E-state index is 12.1. The lowest BCUT2D eigenvalue weighted by molar-refractivity contribution is 0.0957. The van der Waals surface area contributed by atoms with Gasteiger partial charge in [0.1, 0.15) is 4.88 Å². The molecular weight excluding hydrogens is 256 g/mol. The number of thiophene rings is 1. The van der Waals surface area contributed by atoms with Gasteiger partial charge in [-0.3, -0.25) is 4.79 Å². The highest BCUT2D eigenvalue weighted by Crippen LogP contribution is 2.34. The number of hydrogen-bond acceptors (Lipinski definition) is 3. The average molecular weight is 274 g/mol. The minimum absolute atomic E-state index is 0.0306. The van der Waals surface area contributed by atoms with Crippen LogP contribution < -0.4 is 11.1 Å². The average Bonchev–Trinajstić information content (AvgIpc) is 3.14. The van der Waals surface area contributed by atoms with Gasteiger partial charge in [0.05, 0.1) is 5.69 Å². The molecule has 0 bridgehead atoms. The summed E-state index contributed by atoms with van der Waals surface area (Å²) in [6, 6.07) is 6.11. The number of nitrogen functional groups attached to an aromatic ring is 1. The molecule has 1 heterocycles. The minimum atomic E-state index is -0.0306. The maximum Gasteiger partial charge on any atom is 0.263 e. The Morgan fingerprint density at radius 2 is 2.26 bits per heavy atom. The molecule has 1 aromatic heterocycles.